The third kappa shape index (κ3) is 197. The van der Waals surface area contributed by atoms with Crippen LogP contribution in [0.25, 0.3) is 0 Å². The molecule has 0 fully saturated rings. The van der Waals surface area contributed by atoms with Gasteiger partial charge in [0.15, 0.2) is 0 Å². The first kappa shape index (κ1) is 16.0. The van der Waals surface area contributed by atoms with Gasteiger partial charge in [-0.25, -0.2) is 0 Å². The van der Waals surface area contributed by atoms with Gasteiger partial charge in [-0.05, 0) is 0 Å². The van der Waals surface area contributed by atoms with Crippen LogP contribution in [0.3, 0.4) is 0 Å². The summed E-state index contributed by atoms with van der Waals surface area (Å²) >= 11 is 0. The third-order valence-corrected chi connectivity index (χ3v) is 0. The molecular formula is H3CeN2O3+2. The molecule has 0 aliphatic heterocycles. The summed E-state index contributed by atoms with van der Waals surface area (Å²) in [6.45, 7) is 0. The summed E-state index contributed by atoms with van der Waals surface area (Å²) in [5.74, 6) is 0. The Morgan fingerprint density at radius 2 is 1.33 bits per heavy atom. The van der Waals surface area contributed by atoms with E-state index in [0.717, 1.165) is 0 Å². The Bertz CT molecular complexity index is 31.8. The quantitative estimate of drug-likeness (QED) is 0.454. The molecule has 6 heavy (non-hydrogen) atoms. The van der Waals surface area contributed by atoms with Crippen LogP contribution in [0.1, 0.15) is 0 Å². The minimum absolute atomic E-state index is 0. The van der Waals surface area contributed by atoms with Gasteiger partial charge < -0.3 is 21.5 Å². The van der Waals surface area contributed by atoms with E-state index in [1.54, 1.807) is 0 Å². The maximum atomic E-state index is 8.25. The van der Waals surface area contributed by atoms with E-state index in [0.29, 0.717) is 0 Å². The molecule has 0 aliphatic carbocycles. The van der Waals surface area contributed by atoms with E-state index in [1.165, 1.54) is 0 Å². The van der Waals surface area contributed by atoms with Crippen molar-refractivity contribution in [2.24, 2.45) is 0 Å². The minimum atomic E-state index is -1.75. The Hall–Kier alpha value is 0.537. The number of nitrogens with zero attached hydrogens (tertiary/aromatic N) is 1. The number of hydrogen-bond acceptors (Lipinski definition) is 4. The fraction of sp³-hybridized carbons (Fsp3) is 0. The van der Waals surface area contributed by atoms with E-state index in [2.05, 4.69) is 0 Å². The van der Waals surface area contributed by atoms with Gasteiger partial charge in [-0.15, -0.1) is 0 Å². The van der Waals surface area contributed by atoms with E-state index in [-0.39, 0.29) is 47.9 Å². The second-order valence-electron chi connectivity index (χ2n) is 0.224. The van der Waals surface area contributed by atoms with Crippen LogP contribution in [0.2, 0.25) is 0 Å². The zero-order valence-electron chi connectivity index (χ0n) is 2.88. The topological polar surface area (TPSA) is 101 Å². The first-order valence-corrected chi connectivity index (χ1v) is 0.548. The van der Waals surface area contributed by atoms with Crippen molar-refractivity contribution in [3.8, 4) is 0 Å². The van der Waals surface area contributed by atoms with Gasteiger partial charge in [-0.1, -0.05) is 0 Å². The molecule has 0 aromatic rings. The van der Waals surface area contributed by atoms with Crippen LogP contribution in [0, 0.1) is 57.1 Å². The van der Waals surface area contributed by atoms with Gasteiger partial charge in [0, 0.05) is 0 Å². The predicted molar refractivity (Wildman–Crippen MR) is 15.4 cm³/mol. The fourth-order valence-corrected chi connectivity index (χ4v) is 0. The van der Waals surface area contributed by atoms with E-state index < -0.39 is 5.09 Å². The molecule has 0 bridgehead atoms. The predicted octanol–water partition coefficient (Wildman–Crippen LogP) is -0.0771. The minimum Gasteiger partial charge on any atom is -0.356 e. The van der Waals surface area contributed by atoms with Crippen LogP contribution >= 0.6 is 0 Å². The summed E-state index contributed by atoms with van der Waals surface area (Å²) in [7, 11) is 0. The van der Waals surface area contributed by atoms with Crippen molar-refractivity contribution in [1.82, 2.24) is 6.15 Å². The molecule has 0 aromatic carbocycles. The summed E-state index contributed by atoms with van der Waals surface area (Å²) in [5.41, 5.74) is 0. The van der Waals surface area contributed by atoms with Gasteiger partial charge in [-0.2, -0.15) is 0 Å². The number of rotatable bonds is 0. The van der Waals surface area contributed by atoms with E-state index in [1.807, 2.05) is 0 Å². The second-order valence-corrected chi connectivity index (χ2v) is 0.224. The molecule has 0 aliphatic rings. The van der Waals surface area contributed by atoms with Crippen LogP contribution in [0.4, 0.5) is 0 Å². The molecule has 1 radical (unpaired) electrons. The normalized spacial score (nSPS) is 4.00. The molecule has 6 heteroatoms. The van der Waals surface area contributed by atoms with E-state index >= 15 is 0 Å². The van der Waals surface area contributed by atoms with Gasteiger partial charge in [0.05, 0.1) is 5.09 Å². The van der Waals surface area contributed by atoms with Gasteiger partial charge >= 0.3 is 41.7 Å². The smallest absolute Gasteiger partial charge is 0.356 e. The third-order valence-electron chi connectivity index (χ3n) is 0. The molecule has 0 rings (SSSR count). The van der Waals surface area contributed by atoms with E-state index in [4.69, 9.17) is 15.3 Å². The molecule has 0 saturated carbocycles. The zero-order valence-corrected chi connectivity index (χ0v) is 6.02. The molecule has 0 spiro atoms. The summed E-state index contributed by atoms with van der Waals surface area (Å²) in [6.07, 6.45) is 0. The van der Waals surface area contributed by atoms with Gasteiger partial charge in [0.1, 0.15) is 0 Å². The molecule has 0 saturated heterocycles. The zero-order chi connectivity index (χ0) is 3.58. The van der Waals surface area contributed by atoms with Crippen LogP contribution in [0.15, 0.2) is 0 Å². The number of hydrogen-bond donors (Lipinski definition) is 1. The van der Waals surface area contributed by atoms with Crippen molar-refractivity contribution in [3.05, 3.63) is 15.3 Å². The Morgan fingerprint density at radius 3 is 1.33 bits per heavy atom. The summed E-state index contributed by atoms with van der Waals surface area (Å²) in [6, 6.07) is 0. The maximum Gasteiger partial charge on any atom is 3.00 e. The standard InChI is InChI=1S/Ce.NO3.H3N/c;2-1(3)4;/h;;1H3/q+3;-1;. The largest absolute Gasteiger partial charge is 3.00 e. The molecule has 0 heterocycles. The molecule has 0 amide bonds. The van der Waals surface area contributed by atoms with Crippen LogP contribution < -0.4 is 6.15 Å². The molecule has 0 atom stereocenters. The van der Waals surface area contributed by atoms with Crippen molar-refractivity contribution in [2.75, 3.05) is 0 Å². The SMILES string of the molecule is N.O=[N+]([O-])[O-].[Ce+3]. The molecule has 3 N–H and O–H groups in total. The second kappa shape index (κ2) is 9.11. The summed E-state index contributed by atoms with van der Waals surface area (Å²) in [4.78, 5) is 8.25. The van der Waals surface area contributed by atoms with Crippen LogP contribution in [-0.2, 0) is 0 Å². The Labute approximate surface area is 67.8 Å². The van der Waals surface area contributed by atoms with Crippen molar-refractivity contribution in [2.45, 2.75) is 0 Å². The van der Waals surface area contributed by atoms with Crippen LogP contribution in [-0.4, -0.2) is 5.09 Å². The van der Waals surface area contributed by atoms with Crippen molar-refractivity contribution >= 4 is 0 Å². The van der Waals surface area contributed by atoms with Gasteiger partial charge in [0.2, 0.25) is 0 Å². The molecule has 5 nitrogen and oxygen atoms in total. The van der Waals surface area contributed by atoms with Crippen LogP contribution in [0.5, 0.6) is 0 Å². The van der Waals surface area contributed by atoms with Crippen molar-refractivity contribution in [1.29, 1.82) is 0 Å². The first-order chi connectivity index (χ1) is 1.73. The molecule has 0 unspecified atom stereocenters. The maximum absolute atomic E-state index is 8.25. The monoisotopic (exact) mass is 219 g/mol. The Balaban J connectivity index is -0.0000000450. The Kier molecular flexibility index (Phi) is 24.3. The van der Waals surface area contributed by atoms with Crippen molar-refractivity contribution < 1.29 is 46.8 Å². The fourth-order valence-electron chi connectivity index (χ4n) is 0. The van der Waals surface area contributed by atoms with E-state index in [9.17, 15) is 0 Å². The molecular weight excluding hydrogens is 216 g/mol. The molecule has 33 valence electrons. The van der Waals surface area contributed by atoms with Gasteiger partial charge in [-0.3, -0.25) is 0 Å². The average molecular weight is 219 g/mol. The van der Waals surface area contributed by atoms with Crippen molar-refractivity contribution in [3.63, 3.8) is 0 Å². The average Bonchev–Trinajstić information content (AvgIpc) is 0.811. The summed E-state index contributed by atoms with van der Waals surface area (Å²) < 4.78 is 0. The summed E-state index contributed by atoms with van der Waals surface area (Å²) in [5, 5.41) is 14.8. The molecule has 0 aromatic heterocycles. The Morgan fingerprint density at radius 1 is 1.33 bits per heavy atom. The first-order valence-electron chi connectivity index (χ1n) is 0.548. The van der Waals surface area contributed by atoms with Gasteiger partial charge in [0.25, 0.3) is 0 Å².